The van der Waals surface area contributed by atoms with Crippen molar-refractivity contribution in [3.8, 4) is 16.3 Å². The van der Waals surface area contributed by atoms with Crippen molar-refractivity contribution in [2.24, 2.45) is 5.92 Å². The number of hydrogen-bond donors (Lipinski definition) is 0. The van der Waals surface area contributed by atoms with E-state index in [4.69, 9.17) is 21.3 Å². The van der Waals surface area contributed by atoms with Crippen LogP contribution in [0.3, 0.4) is 0 Å². The molecule has 1 saturated heterocycles. The Morgan fingerprint density at radius 3 is 2.26 bits per heavy atom. The third-order valence-electron chi connectivity index (χ3n) is 10.1. The average molecular weight is 625 g/mol. The monoisotopic (exact) mass is 624 g/mol. The Bertz CT molecular complexity index is 1450. The van der Waals surface area contributed by atoms with Gasteiger partial charge in [0, 0.05) is 40.9 Å². The van der Waals surface area contributed by atoms with Gasteiger partial charge in [-0.2, -0.15) is 0 Å². The van der Waals surface area contributed by atoms with E-state index < -0.39 is 0 Å². The Morgan fingerprint density at radius 2 is 1.67 bits per heavy atom. The van der Waals surface area contributed by atoms with E-state index in [0.29, 0.717) is 23.5 Å². The number of halogens is 1. The van der Waals surface area contributed by atoms with E-state index in [2.05, 4.69) is 57.9 Å². The van der Waals surface area contributed by atoms with Gasteiger partial charge in [0.05, 0.1) is 12.8 Å². The molecule has 0 unspecified atom stereocenters. The highest BCUT2D eigenvalue weighted by Crippen LogP contribution is 2.49. The van der Waals surface area contributed by atoms with Gasteiger partial charge < -0.3 is 14.2 Å². The number of thiazole rings is 1. The lowest BCUT2D eigenvalue weighted by atomic mass is 9.66. The molecule has 1 aliphatic carbocycles. The van der Waals surface area contributed by atoms with Gasteiger partial charge in [-0.15, -0.1) is 11.3 Å². The lowest BCUT2D eigenvalue weighted by Crippen LogP contribution is -2.39. The SMILES string of the molecule is COc1c(C(C)(C)C)cc(-c2ncc(C3CCN(C(=O)Cn4c(C)nc(Cl)c4C)CC3)s2)cc1C(C)(C)C1CCCCC1. The van der Waals surface area contributed by atoms with E-state index >= 15 is 0 Å². The van der Waals surface area contributed by atoms with E-state index in [1.807, 2.05) is 41.8 Å². The molecule has 0 atom stereocenters. The molecule has 1 aromatic carbocycles. The maximum atomic E-state index is 13.1. The van der Waals surface area contributed by atoms with Crippen LogP contribution in [0.1, 0.15) is 113 Å². The number of amides is 1. The van der Waals surface area contributed by atoms with Gasteiger partial charge in [-0.05, 0) is 74.3 Å². The van der Waals surface area contributed by atoms with E-state index in [-0.39, 0.29) is 16.7 Å². The second kappa shape index (κ2) is 12.5. The second-order valence-electron chi connectivity index (χ2n) is 14.3. The molecule has 2 aromatic heterocycles. The highest BCUT2D eigenvalue weighted by atomic mass is 35.5. The minimum atomic E-state index is -0.0582. The largest absolute Gasteiger partial charge is 0.496 e. The molecule has 0 N–H and O–H groups in total. The van der Waals surface area contributed by atoms with Gasteiger partial charge in [0.15, 0.2) is 0 Å². The molecule has 0 radical (unpaired) electrons. The first-order valence-electron chi connectivity index (χ1n) is 16.0. The summed E-state index contributed by atoms with van der Waals surface area (Å²) < 4.78 is 8.11. The van der Waals surface area contributed by atoms with Crippen LogP contribution in [0.4, 0.5) is 0 Å². The van der Waals surface area contributed by atoms with Crippen LogP contribution in [0, 0.1) is 19.8 Å². The molecular formula is C35H49ClN4O2S. The summed E-state index contributed by atoms with van der Waals surface area (Å²) in [6.07, 6.45) is 10.5. The summed E-state index contributed by atoms with van der Waals surface area (Å²) in [6, 6.07) is 4.69. The number of carbonyl (C=O) groups excluding carboxylic acids is 1. The van der Waals surface area contributed by atoms with Crippen LogP contribution in [0.2, 0.25) is 5.15 Å². The van der Waals surface area contributed by atoms with Gasteiger partial charge in [-0.1, -0.05) is 65.5 Å². The molecule has 5 rings (SSSR count). The van der Waals surface area contributed by atoms with Gasteiger partial charge in [-0.3, -0.25) is 4.79 Å². The second-order valence-corrected chi connectivity index (χ2v) is 15.7. The van der Waals surface area contributed by atoms with Gasteiger partial charge in [-0.25, -0.2) is 9.97 Å². The Labute approximate surface area is 267 Å². The predicted molar refractivity (Wildman–Crippen MR) is 178 cm³/mol. The zero-order valence-corrected chi connectivity index (χ0v) is 28.9. The number of rotatable bonds is 7. The molecule has 3 aromatic rings. The fourth-order valence-corrected chi connectivity index (χ4v) is 8.48. The topological polar surface area (TPSA) is 60.2 Å². The van der Waals surface area contributed by atoms with Crippen molar-refractivity contribution < 1.29 is 9.53 Å². The first-order chi connectivity index (χ1) is 20.3. The molecule has 1 aliphatic heterocycles. The van der Waals surface area contributed by atoms with Crippen molar-refractivity contribution in [1.82, 2.24) is 19.4 Å². The molecule has 0 bridgehead atoms. The molecule has 2 fully saturated rings. The normalized spacial score (nSPS) is 17.5. The van der Waals surface area contributed by atoms with Crippen molar-refractivity contribution in [3.63, 3.8) is 0 Å². The molecule has 1 amide bonds. The molecule has 3 heterocycles. The van der Waals surface area contributed by atoms with Crippen LogP contribution in [0.25, 0.3) is 10.6 Å². The lowest BCUT2D eigenvalue weighted by molar-refractivity contribution is -0.132. The number of nitrogens with zero attached hydrogens (tertiary/aromatic N) is 4. The number of benzene rings is 1. The Morgan fingerprint density at radius 1 is 1.02 bits per heavy atom. The molecule has 234 valence electrons. The number of aromatic nitrogens is 3. The Kier molecular flexibility index (Phi) is 9.35. The number of ether oxygens (including phenoxy) is 1. The minimum Gasteiger partial charge on any atom is -0.496 e. The van der Waals surface area contributed by atoms with Crippen LogP contribution < -0.4 is 4.74 Å². The summed E-state index contributed by atoms with van der Waals surface area (Å²) in [4.78, 5) is 25.7. The summed E-state index contributed by atoms with van der Waals surface area (Å²) in [5.41, 5.74) is 4.56. The number of likely N-dealkylation sites (tertiary alicyclic amines) is 1. The summed E-state index contributed by atoms with van der Waals surface area (Å²) >= 11 is 8.00. The van der Waals surface area contributed by atoms with Gasteiger partial charge in [0.25, 0.3) is 0 Å². The van der Waals surface area contributed by atoms with Crippen LogP contribution in [-0.2, 0) is 22.2 Å². The molecule has 6 nitrogen and oxygen atoms in total. The number of methoxy groups -OCH3 is 1. The maximum absolute atomic E-state index is 13.1. The molecule has 8 heteroatoms. The van der Waals surface area contributed by atoms with Crippen LogP contribution in [0.15, 0.2) is 18.3 Å². The number of aryl methyl sites for hydroxylation is 1. The Hall–Kier alpha value is -2.38. The third kappa shape index (κ3) is 6.54. The van der Waals surface area contributed by atoms with Gasteiger partial charge in [0.1, 0.15) is 28.3 Å². The molecule has 43 heavy (non-hydrogen) atoms. The fourth-order valence-electron chi connectivity index (χ4n) is 7.18. The van der Waals surface area contributed by atoms with Gasteiger partial charge >= 0.3 is 0 Å². The van der Waals surface area contributed by atoms with Crippen LogP contribution in [-0.4, -0.2) is 45.5 Å². The average Bonchev–Trinajstić information content (AvgIpc) is 3.57. The summed E-state index contributed by atoms with van der Waals surface area (Å²) in [5.74, 6) is 3.02. The highest BCUT2D eigenvalue weighted by molar-refractivity contribution is 7.15. The van der Waals surface area contributed by atoms with Crippen molar-refractivity contribution >= 4 is 28.8 Å². The zero-order valence-electron chi connectivity index (χ0n) is 27.3. The van der Waals surface area contributed by atoms with E-state index in [1.54, 1.807) is 0 Å². The van der Waals surface area contributed by atoms with Crippen molar-refractivity contribution in [2.75, 3.05) is 20.2 Å². The van der Waals surface area contributed by atoms with Crippen molar-refractivity contribution in [2.45, 2.75) is 117 Å². The smallest absolute Gasteiger partial charge is 0.242 e. The summed E-state index contributed by atoms with van der Waals surface area (Å²) in [5, 5.41) is 1.55. The number of imidazole rings is 1. The maximum Gasteiger partial charge on any atom is 0.242 e. The standard InChI is InChI=1S/C35H49ClN4O2S/c1-22-32(36)38-23(2)40(22)21-30(41)39-16-14-24(15-17-39)29-20-37-33(43-29)25-18-27(34(3,4)5)31(42-8)28(19-25)35(6,7)26-12-10-9-11-13-26/h18-20,24,26H,9-17,21H2,1-8H3. The number of hydrogen-bond acceptors (Lipinski definition) is 5. The van der Waals surface area contributed by atoms with Crippen molar-refractivity contribution in [1.29, 1.82) is 0 Å². The first-order valence-corrected chi connectivity index (χ1v) is 17.2. The molecule has 2 aliphatic rings. The highest BCUT2D eigenvalue weighted by Gasteiger charge is 2.37. The van der Waals surface area contributed by atoms with Gasteiger partial charge in [0.2, 0.25) is 5.91 Å². The van der Waals surface area contributed by atoms with Crippen LogP contribution in [0.5, 0.6) is 5.75 Å². The molecular weight excluding hydrogens is 576 g/mol. The molecule has 1 saturated carbocycles. The van der Waals surface area contributed by atoms with Crippen LogP contribution >= 0.6 is 22.9 Å². The zero-order chi connectivity index (χ0) is 31.1. The number of piperidine rings is 1. The first kappa shape index (κ1) is 32.0. The number of carbonyl (C=O) groups is 1. The summed E-state index contributed by atoms with van der Waals surface area (Å²) in [7, 11) is 1.83. The molecule has 0 spiro atoms. The van der Waals surface area contributed by atoms with E-state index in [0.717, 1.165) is 48.2 Å². The lowest BCUT2D eigenvalue weighted by Gasteiger charge is -2.39. The fraction of sp³-hybridized carbons (Fsp3) is 0.629. The summed E-state index contributed by atoms with van der Waals surface area (Å²) in [6.45, 7) is 17.3. The quantitative estimate of drug-likeness (QED) is 0.263. The predicted octanol–water partition coefficient (Wildman–Crippen LogP) is 8.85. The van der Waals surface area contributed by atoms with E-state index in [9.17, 15) is 4.79 Å². The van der Waals surface area contributed by atoms with E-state index in [1.165, 1.54) is 53.7 Å². The third-order valence-corrected chi connectivity index (χ3v) is 11.7. The Balaban J connectivity index is 1.36. The minimum absolute atomic E-state index is 0.0142. The van der Waals surface area contributed by atoms with Crippen molar-refractivity contribution in [3.05, 3.63) is 51.0 Å².